The van der Waals surface area contributed by atoms with Gasteiger partial charge < -0.3 is 10.6 Å². The van der Waals surface area contributed by atoms with Crippen molar-refractivity contribution >= 4 is 15.7 Å². The zero-order valence-corrected chi connectivity index (χ0v) is 8.66. The highest BCUT2D eigenvalue weighted by atomic mass is 32.2. The number of hydrogen-bond acceptors (Lipinski definition) is 4. The molecule has 0 saturated carbocycles. The van der Waals surface area contributed by atoms with Crippen LogP contribution in [0.25, 0.3) is 0 Å². The average molecular weight is 218 g/mol. The molecule has 1 saturated heterocycles. The fourth-order valence-electron chi connectivity index (χ4n) is 1.21. The van der Waals surface area contributed by atoms with Gasteiger partial charge in [0, 0.05) is 25.7 Å². The molecule has 2 N–H and O–H groups in total. The van der Waals surface area contributed by atoms with E-state index in [2.05, 4.69) is 0 Å². The first-order chi connectivity index (χ1) is 6.55. The van der Waals surface area contributed by atoms with Gasteiger partial charge in [0.05, 0.1) is 11.5 Å². The lowest BCUT2D eigenvalue weighted by molar-refractivity contribution is -0.125. The Labute approximate surface area is 83.5 Å². The Kier molecular flexibility index (Phi) is 3.65. The molecule has 0 unspecified atom stereocenters. The summed E-state index contributed by atoms with van der Waals surface area (Å²) in [6.45, 7) is 0.893. The highest BCUT2D eigenvalue weighted by molar-refractivity contribution is 7.91. The Morgan fingerprint density at radius 3 is 2.43 bits per heavy atom. The van der Waals surface area contributed by atoms with Crippen molar-refractivity contribution in [1.29, 1.82) is 0 Å². The quantitative estimate of drug-likeness (QED) is 0.588. The number of carbonyl (C=O) groups is 1. The van der Waals surface area contributed by atoms with E-state index in [9.17, 15) is 13.2 Å². The van der Waals surface area contributed by atoms with Gasteiger partial charge in [-0.1, -0.05) is 6.08 Å². The van der Waals surface area contributed by atoms with Crippen molar-refractivity contribution in [3.05, 3.63) is 12.2 Å². The fraction of sp³-hybridized carbons (Fsp3) is 0.625. The molecule has 1 heterocycles. The third-order valence-electron chi connectivity index (χ3n) is 2.05. The van der Waals surface area contributed by atoms with E-state index in [0.717, 1.165) is 0 Å². The zero-order valence-electron chi connectivity index (χ0n) is 7.85. The van der Waals surface area contributed by atoms with Gasteiger partial charge in [0.15, 0.2) is 9.84 Å². The number of amides is 1. The largest absolute Gasteiger partial charge is 0.337 e. The Morgan fingerprint density at radius 2 is 1.93 bits per heavy atom. The zero-order chi connectivity index (χ0) is 10.6. The molecule has 1 rings (SSSR count). The lowest BCUT2D eigenvalue weighted by Crippen LogP contribution is -2.43. The molecule has 1 amide bonds. The molecule has 1 aliphatic heterocycles. The molecule has 0 aromatic heterocycles. The smallest absolute Gasteiger partial charge is 0.246 e. The lowest BCUT2D eigenvalue weighted by atomic mass is 10.4. The van der Waals surface area contributed by atoms with E-state index >= 15 is 0 Å². The molecule has 0 aromatic rings. The summed E-state index contributed by atoms with van der Waals surface area (Å²) in [7, 11) is -2.91. The number of rotatable bonds is 2. The predicted molar refractivity (Wildman–Crippen MR) is 53.4 cm³/mol. The van der Waals surface area contributed by atoms with Crippen molar-refractivity contribution in [2.24, 2.45) is 5.73 Å². The molecule has 0 aromatic carbocycles. The SMILES string of the molecule is NC/C=C/C(=O)N1CCS(=O)(=O)CC1. The van der Waals surface area contributed by atoms with Crippen molar-refractivity contribution in [2.45, 2.75) is 0 Å². The van der Waals surface area contributed by atoms with Crippen LogP contribution in [-0.4, -0.2) is 50.4 Å². The maximum absolute atomic E-state index is 11.4. The second-order valence-corrected chi connectivity index (χ2v) is 5.42. The molecule has 0 bridgehead atoms. The van der Waals surface area contributed by atoms with Gasteiger partial charge in [-0.05, 0) is 0 Å². The third-order valence-corrected chi connectivity index (χ3v) is 3.66. The van der Waals surface area contributed by atoms with Crippen molar-refractivity contribution in [1.82, 2.24) is 4.90 Å². The minimum absolute atomic E-state index is 0.0647. The number of nitrogens with two attached hydrogens (primary N) is 1. The Hall–Kier alpha value is -0.880. The molecule has 5 nitrogen and oxygen atoms in total. The Bertz CT molecular complexity index is 320. The molecule has 80 valence electrons. The summed E-state index contributed by atoms with van der Waals surface area (Å²) >= 11 is 0. The molecule has 0 radical (unpaired) electrons. The van der Waals surface area contributed by atoms with Gasteiger partial charge in [-0.3, -0.25) is 4.79 Å². The van der Waals surface area contributed by atoms with Crippen LogP contribution in [0.3, 0.4) is 0 Å². The first-order valence-electron chi connectivity index (χ1n) is 4.41. The molecular weight excluding hydrogens is 204 g/mol. The molecule has 0 spiro atoms. The molecule has 1 fully saturated rings. The molecule has 14 heavy (non-hydrogen) atoms. The maximum Gasteiger partial charge on any atom is 0.246 e. The van der Waals surface area contributed by atoms with E-state index in [1.54, 1.807) is 6.08 Å². The van der Waals surface area contributed by atoms with Crippen molar-refractivity contribution in [3.8, 4) is 0 Å². The normalized spacial score (nSPS) is 21.4. The standard InChI is InChI=1S/C8H14N2O3S/c9-3-1-2-8(11)10-4-6-14(12,13)7-5-10/h1-2H,3-7,9H2/b2-1+. The summed E-state index contributed by atoms with van der Waals surface area (Å²) in [5, 5.41) is 0. The Morgan fingerprint density at radius 1 is 1.36 bits per heavy atom. The van der Waals surface area contributed by atoms with Crippen LogP contribution >= 0.6 is 0 Å². The summed E-state index contributed by atoms with van der Waals surface area (Å²) < 4.78 is 22.1. The van der Waals surface area contributed by atoms with E-state index in [1.165, 1.54) is 11.0 Å². The lowest BCUT2D eigenvalue weighted by Gasteiger charge is -2.25. The number of carbonyl (C=O) groups excluding carboxylic acids is 1. The monoisotopic (exact) mass is 218 g/mol. The van der Waals surface area contributed by atoms with Gasteiger partial charge in [-0.25, -0.2) is 8.42 Å². The molecule has 0 atom stereocenters. The maximum atomic E-state index is 11.4. The van der Waals surface area contributed by atoms with Crippen LogP contribution in [0.5, 0.6) is 0 Å². The summed E-state index contributed by atoms with van der Waals surface area (Å²) in [4.78, 5) is 12.9. The van der Waals surface area contributed by atoms with E-state index in [0.29, 0.717) is 6.54 Å². The van der Waals surface area contributed by atoms with Gasteiger partial charge in [-0.15, -0.1) is 0 Å². The Balaban J connectivity index is 2.50. The van der Waals surface area contributed by atoms with Crippen LogP contribution in [0.15, 0.2) is 12.2 Å². The van der Waals surface area contributed by atoms with Gasteiger partial charge in [-0.2, -0.15) is 0 Å². The van der Waals surface area contributed by atoms with Crippen LogP contribution in [-0.2, 0) is 14.6 Å². The molecule has 0 aliphatic carbocycles. The van der Waals surface area contributed by atoms with Gasteiger partial charge in [0.2, 0.25) is 5.91 Å². The van der Waals surface area contributed by atoms with E-state index in [1.807, 2.05) is 0 Å². The topological polar surface area (TPSA) is 80.5 Å². The summed E-state index contributed by atoms with van der Waals surface area (Å²) in [5.41, 5.74) is 5.20. The van der Waals surface area contributed by atoms with Crippen molar-refractivity contribution < 1.29 is 13.2 Å². The number of nitrogens with zero attached hydrogens (tertiary/aromatic N) is 1. The summed E-state index contributed by atoms with van der Waals surface area (Å²) in [6.07, 6.45) is 2.95. The van der Waals surface area contributed by atoms with Crippen LogP contribution < -0.4 is 5.73 Å². The van der Waals surface area contributed by atoms with E-state index in [-0.39, 0.29) is 30.5 Å². The minimum Gasteiger partial charge on any atom is -0.337 e. The minimum atomic E-state index is -2.91. The van der Waals surface area contributed by atoms with E-state index < -0.39 is 9.84 Å². The average Bonchev–Trinajstić information content (AvgIpc) is 2.14. The van der Waals surface area contributed by atoms with Crippen LogP contribution in [0, 0.1) is 0 Å². The second-order valence-electron chi connectivity index (χ2n) is 3.12. The van der Waals surface area contributed by atoms with Gasteiger partial charge in [0.25, 0.3) is 0 Å². The molecule has 6 heteroatoms. The number of sulfone groups is 1. The highest BCUT2D eigenvalue weighted by Gasteiger charge is 2.23. The van der Waals surface area contributed by atoms with Gasteiger partial charge >= 0.3 is 0 Å². The van der Waals surface area contributed by atoms with Gasteiger partial charge in [0.1, 0.15) is 0 Å². The van der Waals surface area contributed by atoms with Crippen LogP contribution in [0.1, 0.15) is 0 Å². The van der Waals surface area contributed by atoms with Crippen LogP contribution in [0.4, 0.5) is 0 Å². The van der Waals surface area contributed by atoms with Crippen LogP contribution in [0.2, 0.25) is 0 Å². The highest BCUT2D eigenvalue weighted by Crippen LogP contribution is 2.04. The predicted octanol–water partition coefficient (Wildman–Crippen LogP) is -1.24. The third kappa shape index (κ3) is 3.12. The van der Waals surface area contributed by atoms with Crippen molar-refractivity contribution in [3.63, 3.8) is 0 Å². The van der Waals surface area contributed by atoms with Crippen molar-refractivity contribution in [2.75, 3.05) is 31.1 Å². The first-order valence-corrected chi connectivity index (χ1v) is 6.23. The van der Waals surface area contributed by atoms with E-state index in [4.69, 9.17) is 5.73 Å². The fourth-order valence-corrected chi connectivity index (χ4v) is 2.41. The number of hydrogen-bond donors (Lipinski definition) is 1. The second kappa shape index (κ2) is 4.56. The molecular formula is C8H14N2O3S. The molecule has 1 aliphatic rings. The summed E-state index contributed by atoms with van der Waals surface area (Å²) in [5.74, 6) is -0.0323. The summed E-state index contributed by atoms with van der Waals surface area (Å²) in [6, 6.07) is 0. The first kappa shape index (κ1) is 11.2.